The van der Waals surface area contributed by atoms with Crippen LogP contribution in [0.4, 0.5) is 8.78 Å². The summed E-state index contributed by atoms with van der Waals surface area (Å²) in [6.45, 7) is 1.69. The standard InChI is InChI=1S/C12H12FN3O2.C11H12FN5O/c1-8(17)11-14-12(18-2)16(15-11)7-9-5-3-4-6-10(9)13;1-18-11-15-10(9(13)14)16-17(11)6-7-4-2-3-5-8(7)12/h3-6H,7H2,1-2H3;2-5H,6H2,1H3,(H3,13,14). The monoisotopic (exact) mass is 498 g/mol. The molecular formula is C23H24F2N8O3. The summed E-state index contributed by atoms with van der Waals surface area (Å²) in [5.41, 5.74) is 6.20. The van der Waals surface area contributed by atoms with Crippen LogP contribution in [0.25, 0.3) is 0 Å². The lowest BCUT2D eigenvalue weighted by Gasteiger charge is -2.05. The lowest BCUT2D eigenvalue weighted by molar-refractivity contribution is 0.100. The summed E-state index contributed by atoms with van der Waals surface area (Å²) in [5.74, 6) is -1.08. The number of nitrogens with one attached hydrogen (secondary N) is 1. The van der Waals surface area contributed by atoms with Gasteiger partial charge in [0.1, 0.15) is 11.6 Å². The summed E-state index contributed by atoms with van der Waals surface area (Å²) in [5, 5.41) is 15.2. The second-order valence-electron chi connectivity index (χ2n) is 7.31. The molecule has 3 N–H and O–H groups in total. The highest BCUT2D eigenvalue weighted by molar-refractivity contribution is 5.91. The van der Waals surface area contributed by atoms with Gasteiger partial charge in [0.15, 0.2) is 11.6 Å². The van der Waals surface area contributed by atoms with Crippen molar-refractivity contribution in [2.75, 3.05) is 14.2 Å². The number of methoxy groups -OCH3 is 2. The molecule has 11 nitrogen and oxygen atoms in total. The molecule has 2 aromatic heterocycles. The number of carbonyl (C=O) groups excluding carboxylic acids is 1. The van der Waals surface area contributed by atoms with E-state index in [4.69, 9.17) is 20.6 Å². The number of aromatic nitrogens is 6. The molecule has 0 aliphatic rings. The number of ether oxygens (including phenoxy) is 2. The van der Waals surface area contributed by atoms with Crippen LogP contribution in [0.3, 0.4) is 0 Å². The molecule has 0 amide bonds. The molecule has 13 heteroatoms. The van der Waals surface area contributed by atoms with Gasteiger partial charge in [-0.25, -0.2) is 18.1 Å². The number of nitrogen functional groups attached to an aromatic ring is 1. The smallest absolute Gasteiger partial charge is 0.315 e. The van der Waals surface area contributed by atoms with Crippen molar-refractivity contribution in [3.05, 3.63) is 82.9 Å². The second-order valence-corrected chi connectivity index (χ2v) is 7.31. The lowest BCUT2D eigenvalue weighted by Crippen LogP contribution is -2.14. The van der Waals surface area contributed by atoms with Crippen molar-refractivity contribution in [3.63, 3.8) is 0 Å². The Balaban J connectivity index is 0.000000201. The molecule has 0 aliphatic carbocycles. The van der Waals surface area contributed by atoms with E-state index in [1.165, 1.54) is 42.6 Å². The Morgan fingerprint density at radius 2 is 1.28 bits per heavy atom. The van der Waals surface area contributed by atoms with Gasteiger partial charge in [-0.3, -0.25) is 10.2 Å². The number of nitrogens with two attached hydrogens (primary N) is 1. The van der Waals surface area contributed by atoms with Crippen LogP contribution >= 0.6 is 0 Å². The number of hydrogen-bond donors (Lipinski definition) is 2. The van der Waals surface area contributed by atoms with Crippen molar-refractivity contribution < 1.29 is 23.0 Å². The Hall–Kier alpha value is -4.68. The molecule has 0 saturated carbocycles. The van der Waals surface area contributed by atoms with Crippen molar-refractivity contribution >= 4 is 11.6 Å². The Bertz CT molecular complexity index is 1270. The van der Waals surface area contributed by atoms with Gasteiger partial charge in [0, 0.05) is 18.1 Å². The van der Waals surface area contributed by atoms with E-state index in [1.54, 1.807) is 36.4 Å². The van der Waals surface area contributed by atoms with Crippen molar-refractivity contribution in [3.8, 4) is 12.0 Å². The van der Waals surface area contributed by atoms with Crippen molar-refractivity contribution in [1.82, 2.24) is 29.5 Å². The Morgan fingerprint density at radius 1 is 0.861 bits per heavy atom. The van der Waals surface area contributed by atoms with Crippen LogP contribution in [-0.4, -0.2) is 55.4 Å². The molecule has 0 unspecified atom stereocenters. The summed E-state index contributed by atoms with van der Waals surface area (Å²) >= 11 is 0. The third-order valence-corrected chi connectivity index (χ3v) is 4.75. The molecular weight excluding hydrogens is 474 g/mol. The Kier molecular flexibility index (Phi) is 8.39. The molecule has 188 valence electrons. The van der Waals surface area contributed by atoms with Gasteiger partial charge in [-0.15, -0.1) is 10.2 Å². The third kappa shape index (κ3) is 6.25. The van der Waals surface area contributed by atoms with E-state index in [0.29, 0.717) is 11.1 Å². The van der Waals surface area contributed by atoms with E-state index in [9.17, 15) is 13.6 Å². The highest BCUT2D eigenvalue weighted by Crippen LogP contribution is 2.15. The van der Waals surface area contributed by atoms with Gasteiger partial charge in [-0.05, 0) is 12.1 Å². The third-order valence-electron chi connectivity index (χ3n) is 4.75. The fourth-order valence-corrected chi connectivity index (χ4v) is 3.00. The van der Waals surface area contributed by atoms with Crippen molar-refractivity contribution in [2.24, 2.45) is 5.73 Å². The van der Waals surface area contributed by atoms with Gasteiger partial charge in [-0.1, -0.05) is 36.4 Å². The average Bonchev–Trinajstić information content (AvgIpc) is 3.46. The molecule has 0 fully saturated rings. The normalized spacial score (nSPS) is 10.4. The zero-order chi connectivity index (χ0) is 26.2. The van der Waals surface area contributed by atoms with Crippen LogP contribution in [0, 0.1) is 17.0 Å². The minimum Gasteiger partial charge on any atom is -0.467 e. The maximum atomic E-state index is 13.5. The van der Waals surface area contributed by atoms with Crippen molar-refractivity contribution in [2.45, 2.75) is 20.0 Å². The maximum absolute atomic E-state index is 13.5. The Labute approximate surface area is 205 Å². The van der Waals surface area contributed by atoms with Gasteiger partial charge in [0.05, 0.1) is 27.3 Å². The molecule has 0 saturated heterocycles. The largest absolute Gasteiger partial charge is 0.467 e. The quantitative estimate of drug-likeness (QED) is 0.214. The number of ketones is 1. The number of amidine groups is 1. The van der Waals surface area contributed by atoms with Gasteiger partial charge in [0.2, 0.25) is 11.6 Å². The summed E-state index contributed by atoms with van der Waals surface area (Å²) in [7, 11) is 2.84. The van der Waals surface area contributed by atoms with E-state index in [0.717, 1.165) is 0 Å². The summed E-state index contributed by atoms with van der Waals surface area (Å²) in [6, 6.07) is 13.1. The minimum absolute atomic E-state index is 0.0585. The van der Waals surface area contributed by atoms with E-state index in [2.05, 4.69) is 20.2 Å². The number of halogens is 2. The summed E-state index contributed by atoms with van der Waals surface area (Å²) < 4.78 is 39.7. The van der Waals surface area contributed by atoms with Crippen molar-refractivity contribution in [1.29, 1.82) is 5.41 Å². The highest BCUT2D eigenvalue weighted by atomic mass is 19.1. The molecule has 4 rings (SSSR count). The van der Waals surface area contributed by atoms with Crippen LogP contribution in [0.1, 0.15) is 34.5 Å². The SMILES string of the molecule is COc1nc(C(=N)N)nn1Cc1ccccc1F.COc1nc(C(C)=O)nn1Cc1ccccc1F. The first-order valence-electron chi connectivity index (χ1n) is 10.5. The minimum atomic E-state index is -0.334. The molecule has 36 heavy (non-hydrogen) atoms. The first-order chi connectivity index (χ1) is 17.2. The number of carbonyl (C=O) groups is 1. The van der Waals surface area contributed by atoms with E-state index in [-0.39, 0.29) is 60.0 Å². The molecule has 2 heterocycles. The number of hydrogen-bond acceptors (Lipinski definition) is 8. The van der Waals surface area contributed by atoms with Gasteiger partial charge in [-0.2, -0.15) is 9.97 Å². The number of Topliss-reactive ketones (excluding diaryl/α,β-unsaturated/α-hetero) is 1. The number of rotatable bonds is 8. The zero-order valence-electron chi connectivity index (χ0n) is 19.8. The van der Waals surface area contributed by atoms with Crippen LogP contribution in [0.15, 0.2) is 48.5 Å². The molecule has 0 spiro atoms. The molecule has 4 aromatic rings. The second kappa shape index (κ2) is 11.6. The fraction of sp³-hybridized carbons (Fsp3) is 0.217. The van der Waals surface area contributed by atoms with Crippen LogP contribution in [0.5, 0.6) is 12.0 Å². The summed E-state index contributed by atoms with van der Waals surface area (Å²) in [4.78, 5) is 19.0. The van der Waals surface area contributed by atoms with Gasteiger partial charge >= 0.3 is 12.0 Å². The molecule has 2 aromatic carbocycles. The van der Waals surface area contributed by atoms with Gasteiger partial charge < -0.3 is 15.2 Å². The number of benzene rings is 2. The molecule has 0 radical (unpaired) electrons. The summed E-state index contributed by atoms with van der Waals surface area (Å²) in [6.07, 6.45) is 0. The fourth-order valence-electron chi connectivity index (χ4n) is 3.00. The molecule has 0 bridgehead atoms. The highest BCUT2D eigenvalue weighted by Gasteiger charge is 2.15. The number of nitrogens with zero attached hydrogens (tertiary/aromatic N) is 6. The van der Waals surface area contributed by atoms with Crippen LogP contribution in [-0.2, 0) is 13.1 Å². The predicted molar refractivity (Wildman–Crippen MR) is 125 cm³/mol. The lowest BCUT2D eigenvalue weighted by atomic mass is 10.2. The first kappa shape index (κ1) is 25.9. The van der Waals surface area contributed by atoms with Gasteiger partial charge in [0.25, 0.3) is 0 Å². The van der Waals surface area contributed by atoms with E-state index in [1.807, 2.05) is 0 Å². The Morgan fingerprint density at radius 3 is 1.67 bits per heavy atom. The van der Waals surface area contributed by atoms with Crippen LogP contribution in [0.2, 0.25) is 0 Å². The maximum Gasteiger partial charge on any atom is 0.315 e. The van der Waals surface area contributed by atoms with Crippen LogP contribution < -0.4 is 15.2 Å². The molecule has 0 aliphatic heterocycles. The molecule has 0 atom stereocenters. The predicted octanol–water partition coefficient (Wildman–Crippen LogP) is 2.43. The first-order valence-corrected chi connectivity index (χ1v) is 10.5. The zero-order valence-corrected chi connectivity index (χ0v) is 19.8. The topological polar surface area (TPSA) is 147 Å². The van der Waals surface area contributed by atoms with E-state index < -0.39 is 0 Å². The van der Waals surface area contributed by atoms with E-state index >= 15 is 0 Å². The average molecular weight is 498 g/mol.